The SMILES string of the molecule is COc1ccc(Nc2nnc(Nn3c(SC)nnc(C)c3=O)n2-c2ccc(OC)cc2)cc1. The van der Waals surface area contributed by atoms with E-state index in [4.69, 9.17) is 9.47 Å². The van der Waals surface area contributed by atoms with Crippen molar-refractivity contribution in [2.45, 2.75) is 12.1 Å². The van der Waals surface area contributed by atoms with Crippen molar-refractivity contribution in [1.29, 1.82) is 0 Å². The molecule has 2 N–H and O–H groups in total. The lowest BCUT2D eigenvalue weighted by Crippen LogP contribution is -2.32. The van der Waals surface area contributed by atoms with Gasteiger partial charge in [0.2, 0.25) is 17.1 Å². The summed E-state index contributed by atoms with van der Waals surface area (Å²) in [5, 5.41) is 20.2. The van der Waals surface area contributed by atoms with E-state index in [-0.39, 0.29) is 11.3 Å². The number of ether oxygens (including phenoxy) is 2. The molecule has 2 aromatic carbocycles. The van der Waals surface area contributed by atoms with Crippen molar-refractivity contribution < 1.29 is 9.47 Å². The van der Waals surface area contributed by atoms with Crippen LogP contribution in [0.15, 0.2) is 58.5 Å². The fraction of sp³-hybridized carbons (Fsp3) is 0.190. The number of rotatable bonds is 8. The lowest BCUT2D eigenvalue weighted by molar-refractivity contribution is 0.414. The van der Waals surface area contributed by atoms with Gasteiger partial charge in [0.25, 0.3) is 5.56 Å². The minimum absolute atomic E-state index is 0.257. The Balaban J connectivity index is 1.78. The average Bonchev–Trinajstić information content (AvgIpc) is 3.24. The maximum atomic E-state index is 12.7. The molecule has 0 amide bonds. The van der Waals surface area contributed by atoms with Crippen molar-refractivity contribution in [3.63, 3.8) is 0 Å². The van der Waals surface area contributed by atoms with Crippen molar-refractivity contribution in [3.8, 4) is 17.2 Å². The highest BCUT2D eigenvalue weighted by Gasteiger charge is 2.18. The van der Waals surface area contributed by atoms with Gasteiger partial charge in [0.1, 0.15) is 17.2 Å². The monoisotopic (exact) mass is 466 g/mol. The van der Waals surface area contributed by atoms with Crippen LogP contribution in [0, 0.1) is 6.92 Å². The molecule has 33 heavy (non-hydrogen) atoms. The van der Waals surface area contributed by atoms with Crippen LogP contribution in [-0.2, 0) is 0 Å². The summed E-state index contributed by atoms with van der Waals surface area (Å²) in [6, 6.07) is 14.8. The first kappa shape index (κ1) is 22.1. The minimum atomic E-state index is -0.330. The van der Waals surface area contributed by atoms with E-state index in [2.05, 4.69) is 31.1 Å². The van der Waals surface area contributed by atoms with Crippen LogP contribution in [0.2, 0.25) is 0 Å². The molecule has 0 atom stereocenters. The standard InChI is InChI=1S/C21H22N8O3S/c1-13-18(30)29(21(33-4)26-23-13)27-20-25-24-19(22-14-5-9-16(31-2)10-6-14)28(20)15-7-11-17(32-3)12-8-15/h5-12H,1-4H3,(H,22,24)(H,25,27). The van der Waals surface area contributed by atoms with Crippen LogP contribution in [0.5, 0.6) is 11.5 Å². The number of benzene rings is 2. The van der Waals surface area contributed by atoms with Gasteiger partial charge in [-0.3, -0.25) is 10.2 Å². The van der Waals surface area contributed by atoms with E-state index >= 15 is 0 Å². The van der Waals surface area contributed by atoms with Gasteiger partial charge < -0.3 is 14.8 Å². The molecule has 2 aromatic heterocycles. The van der Waals surface area contributed by atoms with Crippen LogP contribution in [0.4, 0.5) is 17.6 Å². The summed E-state index contributed by atoms with van der Waals surface area (Å²) in [5.41, 5.74) is 4.49. The second-order valence-electron chi connectivity index (χ2n) is 6.76. The number of aromatic nitrogens is 6. The summed E-state index contributed by atoms with van der Waals surface area (Å²) in [4.78, 5) is 12.7. The lowest BCUT2D eigenvalue weighted by atomic mass is 10.3. The Kier molecular flexibility index (Phi) is 6.45. The summed E-state index contributed by atoms with van der Waals surface area (Å²) < 4.78 is 13.5. The third kappa shape index (κ3) is 4.60. The van der Waals surface area contributed by atoms with E-state index in [1.165, 1.54) is 16.4 Å². The Hall–Kier alpha value is -4.06. The molecule has 0 aliphatic heterocycles. The molecule has 0 radical (unpaired) electrons. The predicted octanol–water partition coefficient (Wildman–Crippen LogP) is 2.89. The van der Waals surface area contributed by atoms with Crippen LogP contribution in [0.25, 0.3) is 5.69 Å². The number of thioether (sulfide) groups is 1. The van der Waals surface area contributed by atoms with Gasteiger partial charge in [-0.2, -0.15) is 4.68 Å². The molecule has 0 aliphatic carbocycles. The summed E-state index contributed by atoms with van der Waals surface area (Å²) >= 11 is 1.28. The Bertz CT molecular complexity index is 1300. The molecule has 0 spiro atoms. The first-order chi connectivity index (χ1) is 16.0. The summed E-state index contributed by atoms with van der Waals surface area (Å²) in [6.07, 6.45) is 1.81. The molecule has 12 heteroatoms. The smallest absolute Gasteiger partial charge is 0.294 e. The molecular weight excluding hydrogens is 444 g/mol. The van der Waals surface area contributed by atoms with Crippen molar-refractivity contribution >= 4 is 29.3 Å². The zero-order chi connectivity index (χ0) is 23.4. The van der Waals surface area contributed by atoms with E-state index < -0.39 is 0 Å². The molecule has 2 heterocycles. The van der Waals surface area contributed by atoms with Crippen LogP contribution in [0.3, 0.4) is 0 Å². The topological polar surface area (TPSA) is 121 Å². The Morgan fingerprint density at radius 3 is 2.06 bits per heavy atom. The highest BCUT2D eigenvalue weighted by atomic mass is 32.2. The first-order valence-corrected chi connectivity index (χ1v) is 11.0. The van der Waals surface area contributed by atoms with E-state index in [0.717, 1.165) is 17.1 Å². The normalized spacial score (nSPS) is 10.7. The number of hydrogen-bond donors (Lipinski definition) is 2. The van der Waals surface area contributed by atoms with Crippen molar-refractivity contribution in [1.82, 2.24) is 29.6 Å². The van der Waals surface area contributed by atoms with Gasteiger partial charge in [0, 0.05) is 5.69 Å². The summed E-state index contributed by atoms with van der Waals surface area (Å²) in [5.74, 6) is 2.19. The van der Waals surface area contributed by atoms with Gasteiger partial charge >= 0.3 is 0 Å². The van der Waals surface area contributed by atoms with Crippen molar-refractivity contribution in [2.75, 3.05) is 31.2 Å². The maximum absolute atomic E-state index is 12.7. The molecule has 0 aliphatic rings. The van der Waals surface area contributed by atoms with Gasteiger partial charge in [-0.1, -0.05) is 11.8 Å². The number of nitrogens with zero attached hydrogens (tertiary/aromatic N) is 6. The number of anilines is 3. The van der Waals surface area contributed by atoms with E-state index in [0.29, 0.717) is 22.8 Å². The average molecular weight is 467 g/mol. The van der Waals surface area contributed by atoms with Crippen molar-refractivity contribution in [3.05, 3.63) is 64.6 Å². The number of hydrogen-bond acceptors (Lipinski definition) is 10. The van der Waals surface area contributed by atoms with E-state index in [9.17, 15) is 4.79 Å². The molecule has 0 saturated carbocycles. The van der Waals surface area contributed by atoms with Crippen LogP contribution >= 0.6 is 11.8 Å². The minimum Gasteiger partial charge on any atom is -0.497 e. The van der Waals surface area contributed by atoms with Crippen LogP contribution in [0.1, 0.15) is 5.69 Å². The van der Waals surface area contributed by atoms with Crippen LogP contribution in [-0.4, -0.2) is 50.1 Å². The molecule has 0 bridgehead atoms. The van der Waals surface area contributed by atoms with Gasteiger partial charge in [-0.25, -0.2) is 4.57 Å². The Morgan fingerprint density at radius 2 is 1.45 bits per heavy atom. The fourth-order valence-electron chi connectivity index (χ4n) is 3.00. The first-order valence-electron chi connectivity index (χ1n) is 9.82. The molecule has 11 nitrogen and oxygen atoms in total. The van der Waals surface area contributed by atoms with Gasteiger partial charge in [0.15, 0.2) is 0 Å². The highest BCUT2D eigenvalue weighted by molar-refractivity contribution is 7.98. The quantitative estimate of drug-likeness (QED) is 0.375. The third-order valence-corrected chi connectivity index (χ3v) is 5.35. The van der Waals surface area contributed by atoms with Crippen LogP contribution < -0.4 is 25.8 Å². The maximum Gasteiger partial charge on any atom is 0.294 e. The van der Waals surface area contributed by atoms with Gasteiger partial charge in [0.05, 0.1) is 19.9 Å². The summed E-state index contributed by atoms with van der Waals surface area (Å²) in [7, 11) is 3.22. The Morgan fingerprint density at radius 1 is 0.848 bits per heavy atom. The molecule has 4 rings (SSSR count). The van der Waals surface area contributed by atoms with E-state index in [1.807, 2.05) is 54.8 Å². The predicted molar refractivity (Wildman–Crippen MR) is 126 cm³/mol. The second-order valence-corrected chi connectivity index (χ2v) is 7.53. The van der Waals surface area contributed by atoms with E-state index in [1.54, 1.807) is 25.7 Å². The molecule has 0 saturated heterocycles. The molecular formula is C21H22N8O3S. The Labute approximate surface area is 193 Å². The third-order valence-electron chi connectivity index (χ3n) is 4.72. The fourth-order valence-corrected chi connectivity index (χ4v) is 3.44. The van der Waals surface area contributed by atoms with Gasteiger partial charge in [-0.05, 0) is 61.7 Å². The lowest BCUT2D eigenvalue weighted by Gasteiger charge is -2.15. The number of nitrogens with one attached hydrogen (secondary N) is 2. The highest BCUT2D eigenvalue weighted by Crippen LogP contribution is 2.26. The zero-order valence-corrected chi connectivity index (χ0v) is 19.3. The summed E-state index contributed by atoms with van der Waals surface area (Å²) in [6.45, 7) is 1.60. The largest absolute Gasteiger partial charge is 0.497 e. The molecule has 0 fully saturated rings. The number of aryl methyl sites for hydroxylation is 1. The van der Waals surface area contributed by atoms with Gasteiger partial charge in [-0.15, -0.1) is 20.4 Å². The second kappa shape index (κ2) is 9.61. The molecule has 0 unspecified atom stereocenters. The zero-order valence-electron chi connectivity index (χ0n) is 18.4. The van der Waals surface area contributed by atoms with Crippen molar-refractivity contribution in [2.24, 2.45) is 0 Å². The molecule has 4 aromatic rings. The number of methoxy groups -OCH3 is 2. The molecule has 170 valence electrons.